The van der Waals surface area contributed by atoms with Crippen LogP contribution in [0.15, 0.2) is 24.3 Å². The Balaban J connectivity index is 2.19. The van der Waals surface area contributed by atoms with Crippen LogP contribution in [-0.2, 0) is 4.79 Å². The van der Waals surface area contributed by atoms with Gasteiger partial charge >= 0.3 is 5.97 Å². The molecule has 0 fully saturated rings. The average molecular weight is 235 g/mol. The second-order valence-electron chi connectivity index (χ2n) is 4.82. The number of nitrogens with two attached hydrogens (primary N) is 1. The van der Waals surface area contributed by atoms with E-state index < -0.39 is 11.4 Å². The van der Waals surface area contributed by atoms with Gasteiger partial charge in [0, 0.05) is 18.0 Å². The fraction of sp³-hybridized carbons (Fsp3) is 0.462. The van der Waals surface area contributed by atoms with Gasteiger partial charge in [0.15, 0.2) is 0 Å². The Morgan fingerprint density at radius 3 is 2.94 bits per heavy atom. The van der Waals surface area contributed by atoms with E-state index in [2.05, 4.69) is 0 Å². The maximum Gasteiger partial charge on any atom is 0.310 e. The molecule has 0 spiro atoms. The minimum atomic E-state index is -0.883. The minimum Gasteiger partial charge on any atom is -0.493 e. The van der Waals surface area contributed by atoms with Crippen molar-refractivity contribution in [1.82, 2.24) is 0 Å². The Morgan fingerprint density at radius 2 is 2.29 bits per heavy atom. The molecule has 4 nitrogen and oxygen atoms in total. The van der Waals surface area contributed by atoms with Crippen molar-refractivity contribution in [3.63, 3.8) is 0 Å². The van der Waals surface area contributed by atoms with E-state index in [0.717, 1.165) is 11.3 Å². The van der Waals surface area contributed by atoms with Gasteiger partial charge < -0.3 is 15.6 Å². The van der Waals surface area contributed by atoms with Crippen LogP contribution in [0.25, 0.3) is 0 Å². The van der Waals surface area contributed by atoms with Crippen LogP contribution >= 0.6 is 0 Å². The van der Waals surface area contributed by atoms with Gasteiger partial charge in [-0.2, -0.15) is 0 Å². The molecule has 2 unspecified atom stereocenters. The molecule has 92 valence electrons. The first-order chi connectivity index (χ1) is 8.07. The van der Waals surface area contributed by atoms with Crippen LogP contribution < -0.4 is 10.5 Å². The Morgan fingerprint density at radius 1 is 1.59 bits per heavy atom. The summed E-state index contributed by atoms with van der Waals surface area (Å²) in [7, 11) is 0. The Labute approximate surface area is 100 Å². The third-order valence-corrected chi connectivity index (χ3v) is 3.46. The number of carbonyl (C=O) groups is 1. The number of aliphatic carboxylic acids is 1. The molecule has 3 N–H and O–H groups in total. The quantitative estimate of drug-likeness (QED) is 0.831. The van der Waals surface area contributed by atoms with Crippen molar-refractivity contribution in [2.24, 2.45) is 11.1 Å². The van der Waals surface area contributed by atoms with E-state index in [1.54, 1.807) is 6.92 Å². The van der Waals surface area contributed by atoms with Crippen LogP contribution in [0.1, 0.15) is 24.8 Å². The van der Waals surface area contributed by atoms with Crippen molar-refractivity contribution in [2.75, 3.05) is 13.2 Å². The molecular formula is C13H17NO3. The van der Waals surface area contributed by atoms with Crippen LogP contribution in [0, 0.1) is 5.41 Å². The highest BCUT2D eigenvalue weighted by molar-refractivity contribution is 5.74. The average Bonchev–Trinajstić information content (AvgIpc) is 2.72. The predicted molar refractivity (Wildman–Crippen MR) is 64.1 cm³/mol. The van der Waals surface area contributed by atoms with Gasteiger partial charge in [0.25, 0.3) is 0 Å². The zero-order valence-corrected chi connectivity index (χ0v) is 9.85. The lowest BCUT2D eigenvalue weighted by Crippen LogP contribution is -2.37. The molecule has 1 aliphatic heterocycles. The fourth-order valence-electron chi connectivity index (χ4n) is 2.20. The van der Waals surface area contributed by atoms with Crippen LogP contribution in [0.3, 0.4) is 0 Å². The first kappa shape index (κ1) is 11.9. The molecule has 2 atom stereocenters. The lowest BCUT2D eigenvalue weighted by molar-refractivity contribution is -0.148. The van der Waals surface area contributed by atoms with E-state index >= 15 is 0 Å². The molecule has 0 radical (unpaired) electrons. The monoisotopic (exact) mass is 235 g/mol. The van der Waals surface area contributed by atoms with E-state index in [-0.39, 0.29) is 12.5 Å². The van der Waals surface area contributed by atoms with Crippen LogP contribution in [0.2, 0.25) is 0 Å². The number of fused-ring (bicyclic) bond motifs is 1. The Hall–Kier alpha value is -1.55. The topological polar surface area (TPSA) is 72.5 Å². The van der Waals surface area contributed by atoms with Crippen LogP contribution in [-0.4, -0.2) is 24.2 Å². The van der Waals surface area contributed by atoms with E-state index in [1.807, 2.05) is 24.3 Å². The third kappa shape index (κ3) is 2.13. The summed E-state index contributed by atoms with van der Waals surface area (Å²) in [5, 5.41) is 9.22. The summed E-state index contributed by atoms with van der Waals surface area (Å²) in [6.45, 7) is 2.37. The smallest absolute Gasteiger partial charge is 0.310 e. The van der Waals surface area contributed by atoms with Crippen molar-refractivity contribution in [3.05, 3.63) is 29.8 Å². The number of benzene rings is 1. The minimum absolute atomic E-state index is 0.121. The predicted octanol–water partition coefficient (Wildman–Crippen LogP) is 1.60. The SMILES string of the molecule is CC(CN)(CC1COc2ccccc21)C(=O)O. The molecule has 1 heterocycles. The van der Waals surface area contributed by atoms with Gasteiger partial charge in [0.1, 0.15) is 5.75 Å². The molecule has 0 aromatic heterocycles. The molecule has 0 aliphatic carbocycles. The van der Waals surface area contributed by atoms with E-state index in [4.69, 9.17) is 10.5 Å². The number of rotatable bonds is 4. The second-order valence-corrected chi connectivity index (χ2v) is 4.82. The maximum absolute atomic E-state index is 11.2. The number of hydrogen-bond acceptors (Lipinski definition) is 3. The van der Waals surface area contributed by atoms with Crippen LogP contribution in [0.4, 0.5) is 0 Å². The molecule has 1 aliphatic rings. The molecule has 0 saturated heterocycles. The summed E-state index contributed by atoms with van der Waals surface area (Å²) >= 11 is 0. The lowest BCUT2D eigenvalue weighted by atomic mass is 9.79. The van der Waals surface area contributed by atoms with Gasteiger partial charge in [-0.05, 0) is 19.4 Å². The van der Waals surface area contributed by atoms with Crippen molar-refractivity contribution in [1.29, 1.82) is 0 Å². The van der Waals surface area contributed by atoms with Crippen LogP contribution in [0.5, 0.6) is 5.75 Å². The van der Waals surface area contributed by atoms with Crippen molar-refractivity contribution < 1.29 is 14.6 Å². The zero-order chi connectivity index (χ0) is 12.5. The molecule has 17 heavy (non-hydrogen) atoms. The summed E-state index contributed by atoms with van der Waals surface area (Å²) in [6, 6.07) is 7.77. The normalized spacial score (nSPS) is 21.4. The number of hydrogen-bond donors (Lipinski definition) is 2. The van der Waals surface area contributed by atoms with Gasteiger partial charge in [-0.15, -0.1) is 0 Å². The number of ether oxygens (including phenoxy) is 1. The molecule has 1 aromatic rings. The van der Waals surface area contributed by atoms with E-state index in [0.29, 0.717) is 13.0 Å². The standard InChI is InChI=1S/C13H17NO3/c1-13(8-14,12(15)16)6-9-7-17-11-5-3-2-4-10(9)11/h2-5,9H,6-8,14H2,1H3,(H,15,16). The molecule has 0 saturated carbocycles. The Kier molecular flexibility index (Phi) is 3.07. The molecule has 0 amide bonds. The van der Waals surface area contributed by atoms with E-state index in [1.165, 1.54) is 0 Å². The summed E-state index contributed by atoms with van der Waals surface area (Å²) < 4.78 is 5.55. The summed E-state index contributed by atoms with van der Waals surface area (Å²) in [5.74, 6) is 0.141. The first-order valence-electron chi connectivity index (χ1n) is 5.72. The van der Waals surface area contributed by atoms with Gasteiger partial charge in [0.05, 0.1) is 12.0 Å². The first-order valence-corrected chi connectivity index (χ1v) is 5.72. The maximum atomic E-state index is 11.2. The third-order valence-electron chi connectivity index (χ3n) is 3.46. The van der Waals surface area contributed by atoms with E-state index in [9.17, 15) is 9.90 Å². The summed E-state index contributed by atoms with van der Waals surface area (Å²) in [4.78, 5) is 11.2. The summed E-state index contributed by atoms with van der Waals surface area (Å²) in [6.07, 6.45) is 0.510. The van der Waals surface area contributed by atoms with Crippen molar-refractivity contribution in [3.8, 4) is 5.75 Å². The Bertz CT molecular complexity index is 432. The van der Waals surface area contributed by atoms with Gasteiger partial charge in [-0.3, -0.25) is 4.79 Å². The number of para-hydroxylation sites is 1. The molecule has 4 heteroatoms. The highest BCUT2D eigenvalue weighted by atomic mass is 16.5. The number of carboxylic acids is 1. The molecule has 1 aromatic carbocycles. The highest BCUT2D eigenvalue weighted by Crippen LogP contribution is 2.40. The van der Waals surface area contributed by atoms with Gasteiger partial charge in [-0.25, -0.2) is 0 Å². The zero-order valence-electron chi connectivity index (χ0n) is 9.85. The molecule has 2 rings (SSSR count). The fourth-order valence-corrected chi connectivity index (χ4v) is 2.20. The lowest BCUT2D eigenvalue weighted by Gasteiger charge is -2.25. The van der Waals surface area contributed by atoms with Gasteiger partial charge in [0.2, 0.25) is 0 Å². The summed E-state index contributed by atoms with van der Waals surface area (Å²) in [5.41, 5.74) is 5.79. The molecule has 0 bridgehead atoms. The second kappa shape index (κ2) is 4.37. The van der Waals surface area contributed by atoms with Crippen molar-refractivity contribution in [2.45, 2.75) is 19.3 Å². The highest BCUT2D eigenvalue weighted by Gasteiger charge is 2.37. The molecular weight excluding hydrogens is 218 g/mol. The number of carboxylic acid groups (broad SMARTS) is 1. The van der Waals surface area contributed by atoms with Crippen molar-refractivity contribution >= 4 is 5.97 Å². The largest absolute Gasteiger partial charge is 0.493 e. The van der Waals surface area contributed by atoms with Gasteiger partial charge in [-0.1, -0.05) is 18.2 Å².